The van der Waals surface area contributed by atoms with Gasteiger partial charge in [-0.2, -0.15) is 5.10 Å². The second kappa shape index (κ2) is 9.98. The highest BCUT2D eigenvalue weighted by Crippen LogP contribution is 2.11. The van der Waals surface area contributed by atoms with Crippen LogP contribution in [0.1, 0.15) is 42.1 Å². The van der Waals surface area contributed by atoms with Crippen molar-refractivity contribution in [1.29, 1.82) is 0 Å². The van der Waals surface area contributed by atoms with Crippen LogP contribution >= 0.6 is 0 Å². The Bertz CT molecular complexity index is 753. The van der Waals surface area contributed by atoms with Crippen molar-refractivity contribution in [2.24, 2.45) is 5.10 Å². The summed E-state index contributed by atoms with van der Waals surface area (Å²) in [7, 11) is 1.60. The maximum absolute atomic E-state index is 12.1. The fraction of sp³-hybridized carbons (Fsp3) is 0.250. The van der Waals surface area contributed by atoms with Crippen molar-refractivity contribution in [1.82, 2.24) is 5.43 Å². The third-order valence-electron chi connectivity index (χ3n) is 3.68. The molecule has 0 heterocycles. The maximum Gasteiger partial charge on any atom is 0.271 e. The molecule has 0 spiro atoms. The Morgan fingerprint density at radius 2 is 1.77 bits per heavy atom. The van der Waals surface area contributed by atoms with Crippen LogP contribution in [-0.2, 0) is 4.79 Å². The minimum atomic E-state index is -0.321. The molecule has 6 nitrogen and oxygen atoms in total. The molecule has 0 aliphatic heterocycles. The van der Waals surface area contributed by atoms with Gasteiger partial charge < -0.3 is 10.1 Å². The molecule has 2 N–H and O–H groups in total. The fourth-order valence-electron chi connectivity index (χ4n) is 2.19. The van der Waals surface area contributed by atoms with Crippen LogP contribution in [0.4, 0.5) is 5.69 Å². The van der Waals surface area contributed by atoms with Gasteiger partial charge in [-0.05, 0) is 60.5 Å². The third-order valence-corrected chi connectivity index (χ3v) is 3.68. The molecule has 136 valence electrons. The number of anilines is 1. The normalized spacial score (nSPS) is 10.5. The predicted octanol–water partition coefficient (Wildman–Crippen LogP) is 3.59. The Hall–Kier alpha value is -3.15. The van der Waals surface area contributed by atoms with E-state index in [-0.39, 0.29) is 11.8 Å². The van der Waals surface area contributed by atoms with Crippen molar-refractivity contribution in [3.8, 4) is 5.75 Å². The molecule has 0 aromatic heterocycles. The molecule has 2 amide bonds. The number of ether oxygens (including phenoxy) is 1. The lowest BCUT2D eigenvalue weighted by Gasteiger charge is -2.06. The van der Waals surface area contributed by atoms with Crippen LogP contribution in [-0.4, -0.2) is 25.1 Å². The first-order chi connectivity index (χ1) is 12.6. The Kier molecular flexibility index (Phi) is 7.36. The van der Waals surface area contributed by atoms with Crippen LogP contribution in [0.2, 0.25) is 0 Å². The van der Waals surface area contributed by atoms with Crippen LogP contribution in [0.25, 0.3) is 0 Å². The van der Waals surface area contributed by atoms with E-state index in [0.29, 0.717) is 17.7 Å². The van der Waals surface area contributed by atoms with Crippen molar-refractivity contribution < 1.29 is 14.3 Å². The van der Waals surface area contributed by atoms with E-state index < -0.39 is 0 Å². The Labute approximate surface area is 153 Å². The Balaban J connectivity index is 1.86. The van der Waals surface area contributed by atoms with Gasteiger partial charge >= 0.3 is 0 Å². The zero-order valence-corrected chi connectivity index (χ0v) is 15.0. The molecule has 0 aliphatic carbocycles. The van der Waals surface area contributed by atoms with Crippen LogP contribution in [0.15, 0.2) is 53.6 Å². The van der Waals surface area contributed by atoms with E-state index in [0.717, 1.165) is 24.2 Å². The molecule has 2 aromatic rings. The largest absolute Gasteiger partial charge is 0.497 e. The molecule has 2 rings (SSSR count). The summed E-state index contributed by atoms with van der Waals surface area (Å²) in [6, 6.07) is 14.0. The number of hydrogen-bond acceptors (Lipinski definition) is 4. The number of methoxy groups -OCH3 is 1. The van der Waals surface area contributed by atoms with Gasteiger partial charge in [0.2, 0.25) is 5.91 Å². The smallest absolute Gasteiger partial charge is 0.271 e. The van der Waals surface area contributed by atoms with Gasteiger partial charge in [-0.3, -0.25) is 9.59 Å². The summed E-state index contributed by atoms with van der Waals surface area (Å²) in [4.78, 5) is 23.8. The van der Waals surface area contributed by atoms with Gasteiger partial charge in [0.25, 0.3) is 5.91 Å². The topological polar surface area (TPSA) is 79.8 Å². The molecule has 0 saturated carbocycles. The molecule has 2 aromatic carbocycles. The predicted molar refractivity (Wildman–Crippen MR) is 103 cm³/mol. The molecule has 0 saturated heterocycles. The SMILES string of the molecule is CCCCC(=O)Nc1ccc(C(=O)NN=Cc2ccc(OC)cc2)cc1. The second-order valence-electron chi connectivity index (χ2n) is 5.70. The van der Waals surface area contributed by atoms with E-state index in [1.807, 2.05) is 31.2 Å². The van der Waals surface area contributed by atoms with Crippen molar-refractivity contribution in [3.05, 3.63) is 59.7 Å². The lowest BCUT2D eigenvalue weighted by atomic mass is 10.2. The number of hydrazone groups is 1. The van der Waals surface area contributed by atoms with Crippen LogP contribution in [0.3, 0.4) is 0 Å². The lowest BCUT2D eigenvalue weighted by molar-refractivity contribution is -0.116. The van der Waals surface area contributed by atoms with Crippen LogP contribution in [0.5, 0.6) is 5.75 Å². The van der Waals surface area contributed by atoms with E-state index in [2.05, 4.69) is 15.8 Å². The molecule has 0 aliphatic rings. The van der Waals surface area contributed by atoms with Crippen LogP contribution < -0.4 is 15.5 Å². The summed E-state index contributed by atoms with van der Waals surface area (Å²) in [5, 5.41) is 6.75. The zero-order valence-electron chi connectivity index (χ0n) is 15.0. The zero-order chi connectivity index (χ0) is 18.8. The molecule has 0 bridgehead atoms. The molecule has 0 radical (unpaired) electrons. The monoisotopic (exact) mass is 353 g/mol. The second-order valence-corrected chi connectivity index (χ2v) is 5.70. The first kappa shape index (κ1) is 19.2. The van der Waals surface area contributed by atoms with Gasteiger partial charge in [-0.15, -0.1) is 0 Å². The van der Waals surface area contributed by atoms with Gasteiger partial charge in [0.15, 0.2) is 0 Å². The molecular weight excluding hydrogens is 330 g/mol. The number of nitrogens with one attached hydrogen (secondary N) is 2. The van der Waals surface area contributed by atoms with Crippen molar-refractivity contribution in [2.75, 3.05) is 12.4 Å². The number of hydrogen-bond donors (Lipinski definition) is 2. The average Bonchev–Trinajstić information content (AvgIpc) is 2.67. The fourth-order valence-corrected chi connectivity index (χ4v) is 2.19. The van der Waals surface area contributed by atoms with E-state index in [9.17, 15) is 9.59 Å². The van der Waals surface area contributed by atoms with Gasteiger partial charge in [0, 0.05) is 17.7 Å². The van der Waals surface area contributed by atoms with Gasteiger partial charge in [0.1, 0.15) is 5.75 Å². The highest BCUT2D eigenvalue weighted by molar-refractivity contribution is 5.96. The summed E-state index contributed by atoms with van der Waals surface area (Å²) >= 11 is 0. The van der Waals surface area contributed by atoms with E-state index in [1.165, 1.54) is 0 Å². The minimum Gasteiger partial charge on any atom is -0.497 e. The Morgan fingerprint density at radius 1 is 1.08 bits per heavy atom. The summed E-state index contributed by atoms with van der Waals surface area (Å²) in [5.41, 5.74) is 4.45. The summed E-state index contributed by atoms with van der Waals surface area (Å²) in [5.74, 6) is 0.417. The molecule has 0 fully saturated rings. The van der Waals surface area contributed by atoms with Gasteiger partial charge in [-0.1, -0.05) is 13.3 Å². The average molecular weight is 353 g/mol. The summed E-state index contributed by atoms with van der Waals surface area (Å²) in [6.45, 7) is 2.04. The summed E-state index contributed by atoms with van der Waals surface area (Å²) < 4.78 is 5.08. The number of nitrogens with zero attached hydrogens (tertiary/aromatic N) is 1. The quantitative estimate of drug-likeness (QED) is 0.562. The highest BCUT2D eigenvalue weighted by Gasteiger charge is 2.05. The van der Waals surface area contributed by atoms with Crippen molar-refractivity contribution in [2.45, 2.75) is 26.2 Å². The van der Waals surface area contributed by atoms with Gasteiger partial charge in [0.05, 0.1) is 13.3 Å². The molecule has 26 heavy (non-hydrogen) atoms. The highest BCUT2D eigenvalue weighted by atomic mass is 16.5. The third kappa shape index (κ3) is 6.05. The lowest BCUT2D eigenvalue weighted by Crippen LogP contribution is -2.17. The number of benzene rings is 2. The Morgan fingerprint density at radius 3 is 2.38 bits per heavy atom. The first-order valence-electron chi connectivity index (χ1n) is 8.49. The number of rotatable bonds is 8. The van der Waals surface area contributed by atoms with Crippen LogP contribution in [0, 0.1) is 0 Å². The van der Waals surface area contributed by atoms with Crippen molar-refractivity contribution in [3.63, 3.8) is 0 Å². The molecular formula is C20H23N3O3. The number of carbonyl (C=O) groups is 2. The van der Waals surface area contributed by atoms with E-state index in [1.54, 1.807) is 37.6 Å². The molecule has 0 unspecified atom stereocenters. The first-order valence-corrected chi connectivity index (χ1v) is 8.49. The van der Waals surface area contributed by atoms with E-state index >= 15 is 0 Å². The van der Waals surface area contributed by atoms with E-state index in [4.69, 9.17) is 4.74 Å². The summed E-state index contributed by atoms with van der Waals surface area (Å²) in [6.07, 6.45) is 3.89. The minimum absolute atomic E-state index is 0.0202. The number of carbonyl (C=O) groups excluding carboxylic acids is 2. The van der Waals surface area contributed by atoms with Gasteiger partial charge in [-0.25, -0.2) is 5.43 Å². The number of amides is 2. The standard InChI is InChI=1S/C20H23N3O3/c1-3-4-5-19(24)22-17-10-8-16(9-11-17)20(25)23-21-14-15-6-12-18(26-2)13-7-15/h6-14H,3-5H2,1-2H3,(H,22,24)(H,23,25). The maximum atomic E-state index is 12.1. The van der Waals surface area contributed by atoms with Crippen molar-refractivity contribution >= 4 is 23.7 Å². The molecule has 0 atom stereocenters. The molecule has 6 heteroatoms. The number of unbranched alkanes of at least 4 members (excludes halogenated alkanes) is 1.